The van der Waals surface area contributed by atoms with Gasteiger partial charge in [0, 0.05) is 5.30 Å². The quantitative estimate of drug-likeness (QED) is 0.258. The van der Waals surface area contributed by atoms with E-state index in [1.807, 2.05) is 30.3 Å². The zero-order valence-electron chi connectivity index (χ0n) is 14.1. The number of hydrogen-bond donors (Lipinski definition) is 0. The van der Waals surface area contributed by atoms with Crippen molar-refractivity contribution in [1.82, 2.24) is 0 Å². The van der Waals surface area contributed by atoms with Gasteiger partial charge in [-0.05, 0) is 26.6 Å². The molecule has 0 aliphatic heterocycles. The van der Waals surface area contributed by atoms with Crippen LogP contribution in [0.1, 0.15) is 11.1 Å². The maximum absolute atomic E-state index is 14.0. The molecule has 0 N–H and O–H groups in total. The van der Waals surface area contributed by atoms with E-state index in [1.165, 1.54) is 0 Å². The number of hydrogen-bond acceptors (Lipinski definition) is 1. The summed E-state index contributed by atoms with van der Waals surface area (Å²) in [5.74, 6) is -9.33. The van der Waals surface area contributed by atoms with E-state index in [-0.39, 0.29) is 6.61 Å². The van der Waals surface area contributed by atoms with Crippen molar-refractivity contribution in [2.45, 2.75) is 13.5 Å². The van der Waals surface area contributed by atoms with Gasteiger partial charge >= 0.3 is 0 Å². The van der Waals surface area contributed by atoms with Gasteiger partial charge in [0.05, 0.1) is 5.30 Å². The first-order chi connectivity index (χ1) is 12.9. The Morgan fingerprint density at radius 2 is 1.33 bits per heavy atom. The molecule has 0 amide bonds. The first-order valence-corrected chi connectivity index (χ1v) is 8.95. The summed E-state index contributed by atoms with van der Waals surface area (Å²) in [6.45, 7) is 1.95. The van der Waals surface area contributed by atoms with Gasteiger partial charge in [-0.2, -0.15) is 0 Å². The number of rotatable bonds is 5. The Bertz CT molecular complexity index is 947. The zero-order chi connectivity index (χ0) is 19.6. The van der Waals surface area contributed by atoms with Crippen molar-refractivity contribution in [3.8, 4) is 5.75 Å². The highest BCUT2D eigenvalue weighted by atomic mass is 31.1. The maximum Gasteiger partial charge on any atom is 0.200 e. The number of ether oxygens (including phenoxy) is 1. The van der Waals surface area contributed by atoms with Crippen molar-refractivity contribution < 1.29 is 26.7 Å². The molecule has 1 unspecified atom stereocenters. The molecule has 0 fully saturated rings. The van der Waals surface area contributed by atoms with Gasteiger partial charge in [0.15, 0.2) is 23.3 Å². The number of aryl methyl sites for hydroxylation is 1. The lowest BCUT2D eigenvalue weighted by Crippen LogP contribution is -2.20. The fourth-order valence-corrected chi connectivity index (χ4v) is 3.79. The molecule has 3 aromatic carbocycles. The van der Waals surface area contributed by atoms with Crippen LogP contribution < -0.4 is 15.3 Å². The second-order valence-electron chi connectivity index (χ2n) is 5.80. The average Bonchev–Trinajstić information content (AvgIpc) is 2.68. The van der Waals surface area contributed by atoms with Crippen LogP contribution in [0.15, 0.2) is 48.5 Å². The van der Waals surface area contributed by atoms with Gasteiger partial charge in [-0.1, -0.05) is 48.5 Å². The minimum Gasteiger partial charge on any atom is -0.488 e. The summed E-state index contributed by atoms with van der Waals surface area (Å²) in [7, 11) is -0.795. The van der Waals surface area contributed by atoms with Gasteiger partial charge in [-0.3, -0.25) is 0 Å². The fraction of sp³-hybridized carbons (Fsp3) is 0.100. The molecule has 0 heterocycles. The molecule has 0 aromatic heterocycles. The van der Waals surface area contributed by atoms with Crippen molar-refractivity contribution in [2.24, 2.45) is 0 Å². The molecule has 0 saturated carbocycles. The van der Waals surface area contributed by atoms with Gasteiger partial charge < -0.3 is 4.74 Å². The van der Waals surface area contributed by atoms with Crippen LogP contribution in [-0.4, -0.2) is 0 Å². The molecule has 0 bridgehead atoms. The standard InChI is InChI=1S/C20H14F5OP/c1-11-6-5-9-13(19(11)26-10-12-7-3-2-4-8-12)27-20-17(24)15(22)14(21)16(23)18(20)25/h2-9,27H,10H2,1H3. The van der Waals surface area contributed by atoms with E-state index < -0.39 is 43.0 Å². The lowest BCUT2D eigenvalue weighted by Gasteiger charge is -2.15. The molecule has 0 saturated heterocycles. The van der Waals surface area contributed by atoms with Crippen LogP contribution in [-0.2, 0) is 6.61 Å². The van der Waals surface area contributed by atoms with E-state index in [1.54, 1.807) is 25.1 Å². The van der Waals surface area contributed by atoms with E-state index in [9.17, 15) is 22.0 Å². The number of para-hydroxylation sites is 1. The van der Waals surface area contributed by atoms with Gasteiger partial charge in [-0.15, -0.1) is 0 Å². The Labute approximate surface area is 154 Å². The van der Waals surface area contributed by atoms with Gasteiger partial charge in [0.25, 0.3) is 0 Å². The molecule has 0 aliphatic rings. The van der Waals surface area contributed by atoms with Crippen LogP contribution in [0.25, 0.3) is 0 Å². The Kier molecular flexibility index (Phi) is 5.76. The molecule has 1 atom stereocenters. The Balaban J connectivity index is 1.96. The van der Waals surface area contributed by atoms with Crippen molar-refractivity contribution in [1.29, 1.82) is 0 Å². The van der Waals surface area contributed by atoms with E-state index >= 15 is 0 Å². The highest BCUT2D eigenvalue weighted by molar-refractivity contribution is 7.55. The van der Waals surface area contributed by atoms with E-state index in [2.05, 4.69) is 0 Å². The predicted octanol–water partition coefficient (Wildman–Crippen LogP) is 4.90. The minimum atomic E-state index is -2.16. The third kappa shape index (κ3) is 3.96. The SMILES string of the molecule is Cc1cccc(Pc2c(F)c(F)c(F)c(F)c2F)c1OCc1ccccc1. The summed E-state index contributed by atoms with van der Waals surface area (Å²) in [6.07, 6.45) is 0. The Hall–Kier alpha value is -2.46. The van der Waals surface area contributed by atoms with Crippen LogP contribution in [0, 0.1) is 36.0 Å². The van der Waals surface area contributed by atoms with Gasteiger partial charge in [0.1, 0.15) is 12.4 Å². The summed E-state index contributed by atoms with van der Waals surface area (Å²) in [5.41, 5.74) is 1.58. The normalized spacial score (nSPS) is 11.3. The lowest BCUT2D eigenvalue weighted by atomic mass is 10.2. The number of halogens is 5. The summed E-state index contributed by atoms with van der Waals surface area (Å²) < 4.78 is 74.0. The van der Waals surface area contributed by atoms with E-state index in [4.69, 9.17) is 4.74 Å². The molecular weight excluding hydrogens is 382 g/mol. The molecule has 1 nitrogen and oxygen atoms in total. The fourth-order valence-electron chi connectivity index (χ4n) is 2.52. The van der Waals surface area contributed by atoms with Crippen LogP contribution in [0.5, 0.6) is 5.75 Å². The molecule has 3 aromatic rings. The molecule has 3 rings (SSSR count). The summed E-state index contributed by atoms with van der Waals surface area (Å²) in [6, 6.07) is 14.2. The van der Waals surface area contributed by atoms with Crippen molar-refractivity contribution in [3.63, 3.8) is 0 Å². The summed E-state index contributed by atoms with van der Waals surface area (Å²) >= 11 is 0. The third-order valence-corrected chi connectivity index (χ3v) is 5.26. The molecule has 0 spiro atoms. The highest BCUT2D eigenvalue weighted by Gasteiger charge is 2.26. The molecule has 140 valence electrons. The van der Waals surface area contributed by atoms with Gasteiger partial charge in [0.2, 0.25) is 5.82 Å². The molecule has 7 heteroatoms. The first kappa shape index (κ1) is 19.3. The van der Waals surface area contributed by atoms with Crippen molar-refractivity contribution in [2.75, 3.05) is 0 Å². The molecular formula is C20H14F5OP. The summed E-state index contributed by atoms with van der Waals surface area (Å²) in [5, 5.41) is -0.504. The second-order valence-corrected chi connectivity index (χ2v) is 7.08. The van der Waals surface area contributed by atoms with Crippen LogP contribution in [0.4, 0.5) is 22.0 Å². The lowest BCUT2D eigenvalue weighted by molar-refractivity contribution is 0.307. The van der Waals surface area contributed by atoms with Crippen molar-refractivity contribution in [3.05, 3.63) is 88.7 Å². The zero-order valence-corrected chi connectivity index (χ0v) is 15.1. The van der Waals surface area contributed by atoms with E-state index in [0.717, 1.165) is 5.56 Å². The van der Waals surface area contributed by atoms with Crippen LogP contribution in [0.3, 0.4) is 0 Å². The molecule has 0 radical (unpaired) electrons. The van der Waals surface area contributed by atoms with E-state index in [0.29, 0.717) is 16.6 Å². The largest absolute Gasteiger partial charge is 0.488 e. The highest BCUT2D eigenvalue weighted by Crippen LogP contribution is 2.28. The molecule has 27 heavy (non-hydrogen) atoms. The average molecular weight is 396 g/mol. The van der Waals surface area contributed by atoms with Gasteiger partial charge in [-0.25, -0.2) is 22.0 Å². The Morgan fingerprint density at radius 1 is 0.741 bits per heavy atom. The first-order valence-electron chi connectivity index (χ1n) is 7.95. The minimum absolute atomic E-state index is 0.209. The monoisotopic (exact) mass is 396 g/mol. The Morgan fingerprint density at radius 3 is 1.96 bits per heavy atom. The second kappa shape index (κ2) is 8.05. The summed E-state index contributed by atoms with van der Waals surface area (Å²) in [4.78, 5) is 0. The smallest absolute Gasteiger partial charge is 0.200 e. The molecule has 0 aliphatic carbocycles. The van der Waals surface area contributed by atoms with Crippen molar-refractivity contribution >= 4 is 19.2 Å². The third-order valence-electron chi connectivity index (χ3n) is 3.91. The maximum atomic E-state index is 14.0. The topological polar surface area (TPSA) is 9.23 Å². The van der Waals surface area contributed by atoms with Crippen LogP contribution >= 0.6 is 8.58 Å². The predicted molar refractivity (Wildman–Crippen MR) is 95.8 cm³/mol. The van der Waals surface area contributed by atoms with Crippen LogP contribution in [0.2, 0.25) is 0 Å². The number of benzene rings is 3.